The van der Waals surface area contributed by atoms with Gasteiger partial charge in [0.25, 0.3) is 0 Å². The van der Waals surface area contributed by atoms with Crippen LogP contribution in [0.25, 0.3) is 5.69 Å². The van der Waals surface area contributed by atoms with Crippen LogP contribution in [0.15, 0.2) is 42.6 Å². The van der Waals surface area contributed by atoms with Crippen LogP contribution in [0.1, 0.15) is 32.4 Å². The lowest BCUT2D eigenvalue weighted by Crippen LogP contribution is -2.43. The van der Waals surface area contributed by atoms with Crippen molar-refractivity contribution >= 4 is 0 Å². The molecule has 1 fully saturated rings. The SMILES string of the molecule is CC1(C)CC(NCc2ccn(-c3ccccc3)n2)CCO1. The molecule has 112 valence electrons. The monoisotopic (exact) mass is 285 g/mol. The van der Waals surface area contributed by atoms with E-state index in [0.29, 0.717) is 6.04 Å². The van der Waals surface area contributed by atoms with Crippen molar-refractivity contribution in [2.24, 2.45) is 0 Å². The minimum Gasteiger partial charge on any atom is -0.375 e. The molecule has 1 saturated heterocycles. The minimum absolute atomic E-state index is 0.0146. The highest BCUT2D eigenvalue weighted by molar-refractivity contribution is 5.30. The standard InChI is InChI=1S/C17H23N3O/c1-17(2)12-14(9-11-21-17)18-13-15-8-10-20(19-15)16-6-4-3-5-7-16/h3-8,10,14,18H,9,11-13H2,1-2H3. The summed E-state index contributed by atoms with van der Waals surface area (Å²) < 4.78 is 7.67. The highest BCUT2D eigenvalue weighted by atomic mass is 16.5. The average Bonchev–Trinajstić information content (AvgIpc) is 2.94. The number of para-hydroxylation sites is 1. The second-order valence-electron chi connectivity index (χ2n) is 6.27. The van der Waals surface area contributed by atoms with Gasteiger partial charge in [-0.15, -0.1) is 0 Å². The van der Waals surface area contributed by atoms with Crippen molar-refractivity contribution in [2.45, 2.75) is 44.9 Å². The zero-order valence-corrected chi connectivity index (χ0v) is 12.7. The molecule has 0 saturated carbocycles. The first-order valence-electron chi connectivity index (χ1n) is 7.60. The fraction of sp³-hybridized carbons (Fsp3) is 0.471. The number of hydrogen-bond acceptors (Lipinski definition) is 3. The van der Waals surface area contributed by atoms with Gasteiger partial charge >= 0.3 is 0 Å². The number of nitrogens with one attached hydrogen (secondary N) is 1. The van der Waals surface area contributed by atoms with Crippen molar-refractivity contribution in [2.75, 3.05) is 6.61 Å². The molecule has 4 heteroatoms. The molecule has 1 aromatic heterocycles. The molecule has 2 heterocycles. The largest absolute Gasteiger partial charge is 0.375 e. The van der Waals surface area contributed by atoms with E-state index in [0.717, 1.165) is 37.4 Å². The van der Waals surface area contributed by atoms with Gasteiger partial charge in [0.2, 0.25) is 0 Å². The zero-order chi connectivity index (χ0) is 14.7. The maximum Gasteiger partial charge on any atom is 0.0766 e. The summed E-state index contributed by atoms with van der Waals surface area (Å²) in [6, 6.07) is 12.8. The van der Waals surface area contributed by atoms with Crippen LogP contribution in [-0.4, -0.2) is 28.0 Å². The van der Waals surface area contributed by atoms with Crippen molar-refractivity contribution in [1.82, 2.24) is 15.1 Å². The third-order valence-electron chi connectivity index (χ3n) is 3.93. The van der Waals surface area contributed by atoms with Gasteiger partial charge in [-0.05, 0) is 44.9 Å². The van der Waals surface area contributed by atoms with Crippen molar-refractivity contribution in [1.29, 1.82) is 0 Å². The molecule has 1 aliphatic heterocycles. The molecule has 1 atom stereocenters. The number of hydrogen-bond donors (Lipinski definition) is 1. The maximum atomic E-state index is 5.75. The topological polar surface area (TPSA) is 39.1 Å². The van der Waals surface area contributed by atoms with Crippen molar-refractivity contribution in [3.05, 3.63) is 48.3 Å². The fourth-order valence-corrected chi connectivity index (χ4v) is 2.84. The molecule has 21 heavy (non-hydrogen) atoms. The molecule has 0 amide bonds. The first-order valence-corrected chi connectivity index (χ1v) is 7.60. The van der Waals surface area contributed by atoms with Gasteiger partial charge in [0.15, 0.2) is 0 Å². The van der Waals surface area contributed by atoms with Gasteiger partial charge in [0.1, 0.15) is 0 Å². The summed E-state index contributed by atoms with van der Waals surface area (Å²) in [7, 11) is 0. The van der Waals surface area contributed by atoms with Crippen LogP contribution in [0.2, 0.25) is 0 Å². The van der Waals surface area contributed by atoms with Gasteiger partial charge in [0.05, 0.1) is 17.0 Å². The maximum absolute atomic E-state index is 5.75. The van der Waals surface area contributed by atoms with Crippen LogP contribution in [-0.2, 0) is 11.3 Å². The summed E-state index contributed by atoms with van der Waals surface area (Å²) in [5, 5.41) is 8.23. The van der Waals surface area contributed by atoms with Crippen molar-refractivity contribution < 1.29 is 4.74 Å². The van der Waals surface area contributed by atoms with Gasteiger partial charge in [-0.1, -0.05) is 18.2 Å². The van der Waals surface area contributed by atoms with Crippen LogP contribution in [0.4, 0.5) is 0 Å². The van der Waals surface area contributed by atoms with Gasteiger partial charge in [-0.25, -0.2) is 4.68 Å². The molecule has 1 aromatic carbocycles. The molecule has 0 aliphatic carbocycles. The smallest absolute Gasteiger partial charge is 0.0766 e. The molecule has 2 aromatic rings. The molecule has 0 bridgehead atoms. The van der Waals surface area contributed by atoms with Gasteiger partial charge in [-0.2, -0.15) is 5.10 Å². The summed E-state index contributed by atoms with van der Waals surface area (Å²) >= 11 is 0. The Bertz CT molecular complexity index is 577. The third-order valence-corrected chi connectivity index (χ3v) is 3.93. The first kappa shape index (κ1) is 14.3. The Labute approximate surface area is 126 Å². The Morgan fingerprint density at radius 2 is 2.10 bits per heavy atom. The fourth-order valence-electron chi connectivity index (χ4n) is 2.84. The van der Waals surface area contributed by atoms with E-state index in [1.807, 2.05) is 29.1 Å². The molecule has 1 aliphatic rings. The highest BCUT2D eigenvalue weighted by Crippen LogP contribution is 2.24. The van der Waals surface area contributed by atoms with E-state index in [4.69, 9.17) is 4.74 Å². The number of rotatable bonds is 4. The van der Waals surface area contributed by atoms with Crippen LogP contribution in [0, 0.1) is 0 Å². The molecule has 1 N–H and O–H groups in total. The van der Waals surface area contributed by atoms with E-state index >= 15 is 0 Å². The van der Waals surface area contributed by atoms with E-state index in [9.17, 15) is 0 Å². The summed E-state index contributed by atoms with van der Waals surface area (Å²) in [6.45, 7) is 5.96. The van der Waals surface area contributed by atoms with Gasteiger partial charge in [-0.3, -0.25) is 0 Å². The van der Waals surface area contributed by atoms with Gasteiger partial charge < -0.3 is 10.1 Å². The second kappa shape index (κ2) is 6.00. The third kappa shape index (κ3) is 3.71. The van der Waals surface area contributed by atoms with Crippen LogP contribution < -0.4 is 5.32 Å². The second-order valence-corrected chi connectivity index (χ2v) is 6.27. The Morgan fingerprint density at radius 3 is 2.86 bits per heavy atom. The highest BCUT2D eigenvalue weighted by Gasteiger charge is 2.28. The van der Waals surface area contributed by atoms with E-state index in [-0.39, 0.29) is 5.60 Å². The van der Waals surface area contributed by atoms with E-state index in [2.05, 4.69) is 42.5 Å². The summed E-state index contributed by atoms with van der Waals surface area (Å²) in [5.41, 5.74) is 2.15. The first-order chi connectivity index (χ1) is 10.1. The number of aromatic nitrogens is 2. The number of nitrogens with zero attached hydrogens (tertiary/aromatic N) is 2. The number of ether oxygens (including phenoxy) is 1. The number of benzene rings is 1. The predicted molar refractivity (Wildman–Crippen MR) is 83.5 cm³/mol. The molecule has 0 radical (unpaired) electrons. The molecule has 3 rings (SSSR count). The Balaban J connectivity index is 1.58. The molecule has 4 nitrogen and oxygen atoms in total. The van der Waals surface area contributed by atoms with E-state index < -0.39 is 0 Å². The quantitative estimate of drug-likeness (QED) is 0.939. The Morgan fingerprint density at radius 1 is 1.29 bits per heavy atom. The summed E-state index contributed by atoms with van der Waals surface area (Å²) in [5.74, 6) is 0. The molecular weight excluding hydrogens is 262 g/mol. The van der Waals surface area contributed by atoms with Crippen molar-refractivity contribution in [3.63, 3.8) is 0 Å². The summed E-state index contributed by atoms with van der Waals surface area (Å²) in [4.78, 5) is 0. The Hall–Kier alpha value is -1.65. The lowest BCUT2D eigenvalue weighted by atomic mass is 9.94. The van der Waals surface area contributed by atoms with Crippen LogP contribution in [0.5, 0.6) is 0 Å². The molecule has 0 spiro atoms. The van der Waals surface area contributed by atoms with Gasteiger partial charge in [0, 0.05) is 25.4 Å². The molecular formula is C17H23N3O. The molecule has 1 unspecified atom stereocenters. The van der Waals surface area contributed by atoms with Crippen LogP contribution in [0.3, 0.4) is 0 Å². The Kier molecular flexibility index (Phi) is 4.08. The van der Waals surface area contributed by atoms with E-state index in [1.165, 1.54) is 0 Å². The van der Waals surface area contributed by atoms with Crippen molar-refractivity contribution in [3.8, 4) is 5.69 Å². The lowest BCUT2D eigenvalue weighted by Gasteiger charge is -2.35. The van der Waals surface area contributed by atoms with Crippen LogP contribution >= 0.6 is 0 Å². The average molecular weight is 285 g/mol. The lowest BCUT2D eigenvalue weighted by molar-refractivity contribution is -0.0631. The zero-order valence-electron chi connectivity index (χ0n) is 12.7. The normalized spacial score (nSPS) is 21.3. The predicted octanol–water partition coefficient (Wildman–Crippen LogP) is 2.92. The summed E-state index contributed by atoms with van der Waals surface area (Å²) in [6.07, 6.45) is 4.13. The van der Waals surface area contributed by atoms with E-state index in [1.54, 1.807) is 0 Å². The minimum atomic E-state index is -0.0146.